The van der Waals surface area contributed by atoms with Gasteiger partial charge in [-0.1, -0.05) is 12.1 Å². The Hall–Kier alpha value is -3.55. The minimum atomic E-state index is -2.78. The van der Waals surface area contributed by atoms with Gasteiger partial charge in [0.25, 0.3) is 11.8 Å². The van der Waals surface area contributed by atoms with E-state index in [0.717, 1.165) is 18.7 Å². The molecule has 0 bridgehead atoms. The molecule has 2 N–H and O–H groups in total. The summed E-state index contributed by atoms with van der Waals surface area (Å²) >= 11 is 1.64. The first kappa shape index (κ1) is 30.9. The molecule has 0 atom stereocenters. The molecule has 1 aliphatic rings. The Bertz CT molecular complexity index is 1640. The number of likely N-dealkylation sites (N-methyl/N-ethyl adjacent to an activating group) is 2. The summed E-state index contributed by atoms with van der Waals surface area (Å²) in [4.78, 5) is 31.6. The molecular weight excluding hydrogens is 574 g/mol. The van der Waals surface area contributed by atoms with Crippen molar-refractivity contribution in [2.75, 3.05) is 58.8 Å². The molecule has 1 saturated heterocycles. The number of benzene rings is 2. The minimum absolute atomic E-state index is 0.178. The smallest absolute Gasteiger partial charge is 0.272 e. The Kier molecular flexibility index (Phi) is 9.04. The van der Waals surface area contributed by atoms with Crippen molar-refractivity contribution in [2.24, 2.45) is 0 Å². The molecule has 0 radical (unpaired) electrons. The van der Waals surface area contributed by atoms with Crippen molar-refractivity contribution in [1.82, 2.24) is 29.7 Å². The van der Waals surface area contributed by atoms with Crippen LogP contribution in [0.5, 0.6) is 0 Å². The second-order valence-electron chi connectivity index (χ2n) is 10.9. The maximum Gasteiger partial charge on any atom is 0.272 e. The highest BCUT2D eigenvalue weighted by Gasteiger charge is 2.40. The van der Waals surface area contributed by atoms with Crippen LogP contribution in [0.4, 0.5) is 8.78 Å². The van der Waals surface area contributed by atoms with Crippen LogP contribution in [0.2, 0.25) is 0 Å². The molecule has 2 aromatic heterocycles. The minimum Gasteiger partial charge on any atom is -0.349 e. The monoisotopic (exact) mass is 608 g/mol. The zero-order chi connectivity index (χ0) is 30.9. The van der Waals surface area contributed by atoms with Gasteiger partial charge in [-0.2, -0.15) is 11.8 Å². The number of thioether (sulfide) groups is 1. The SMILES string of the molecule is Cc1cc(-c2cnc3cccc(-c4cc(F)c(C(O)(O)N5CCSCC5)c(F)c4)c3n2)cnc1C(=O)N(C)CCN(C)C. The number of rotatable bonds is 8. The third-order valence-electron chi connectivity index (χ3n) is 7.52. The zero-order valence-electron chi connectivity index (χ0n) is 24.5. The molecule has 5 rings (SSSR count). The Morgan fingerprint density at radius 1 is 1.00 bits per heavy atom. The van der Waals surface area contributed by atoms with Crippen LogP contribution >= 0.6 is 11.8 Å². The number of aliphatic hydroxyl groups is 2. The van der Waals surface area contributed by atoms with Crippen molar-refractivity contribution >= 4 is 28.7 Å². The molecule has 1 aliphatic heterocycles. The van der Waals surface area contributed by atoms with E-state index in [1.54, 1.807) is 54.3 Å². The Morgan fingerprint density at radius 2 is 1.70 bits per heavy atom. The average molecular weight is 609 g/mol. The van der Waals surface area contributed by atoms with Crippen LogP contribution in [0.3, 0.4) is 0 Å². The second kappa shape index (κ2) is 12.6. The van der Waals surface area contributed by atoms with Crippen molar-refractivity contribution in [3.05, 3.63) is 77.2 Å². The molecule has 4 aromatic rings. The highest BCUT2D eigenvalue weighted by Crippen LogP contribution is 2.35. The van der Waals surface area contributed by atoms with Crippen LogP contribution < -0.4 is 0 Å². The van der Waals surface area contributed by atoms with Crippen LogP contribution in [0.25, 0.3) is 33.4 Å². The molecular formula is C31H34F2N6O3S. The van der Waals surface area contributed by atoms with E-state index >= 15 is 8.78 Å². The first-order valence-electron chi connectivity index (χ1n) is 13.9. The molecule has 0 unspecified atom stereocenters. The van der Waals surface area contributed by atoms with E-state index in [-0.39, 0.29) is 24.6 Å². The number of nitrogens with zero attached hydrogens (tertiary/aromatic N) is 6. The van der Waals surface area contributed by atoms with E-state index in [9.17, 15) is 15.0 Å². The van der Waals surface area contributed by atoms with Gasteiger partial charge in [0.15, 0.2) is 0 Å². The Labute approximate surface area is 253 Å². The van der Waals surface area contributed by atoms with E-state index in [4.69, 9.17) is 4.98 Å². The van der Waals surface area contributed by atoms with Gasteiger partial charge in [0, 0.05) is 62.1 Å². The molecule has 43 heavy (non-hydrogen) atoms. The fourth-order valence-electron chi connectivity index (χ4n) is 5.06. The van der Waals surface area contributed by atoms with Gasteiger partial charge in [-0.05, 0) is 56.4 Å². The normalized spacial score (nSPS) is 14.4. The largest absolute Gasteiger partial charge is 0.349 e. The number of fused-ring (bicyclic) bond motifs is 1. The van der Waals surface area contributed by atoms with Gasteiger partial charge in [0.2, 0.25) is 0 Å². The molecule has 0 saturated carbocycles. The molecule has 2 aromatic carbocycles. The number of hydrogen-bond acceptors (Lipinski definition) is 9. The Morgan fingerprint density at radius 3 is 2.35 bits per heavy atom. The number of pyridine rings is 1. The van der Waals surface area contributed by atoms with Crippen LogP contribution in [-0.4, -0.2) is 105 Å². The molecule has 0 spiro atoms. The summed E-state index contributed by atoms with van der Waals surface area (Å²) in [5.41, 5.74) is 2.83. The van der Waals surface area contributed by atoms with Crippen molar-refractivity contribution in [1.29, 1.82) is 0 Å². The van der Waals surface area contributed by atoms with Gasteiger partial charge >= 0.3 is 0 Å². The van der Waals surface area contributed by atoms with Gasteiger partial charge in [0.05, 0.1) is 28.5 Å². The lowest BCUT2D eigenvalue weighted by Gasteiger charge is -2.37. The maximum absolute atomic E-state index is 15.4. The lowest BCUT2D eigenvalue weighted by Crippen LogP contribution is -2.50. The van der Waals surface area contributed by atoms with Crippen LogP contribution in [0, 0.1) is 18.6 Å². The number of carbonyl (C=O) groups is 1. The molecule has 1 fully saturated rings. The van der Waals surface area contributed by atoms with E-state index in [0.29, 0.717) is 57.2 Å². The maximum atomic E-state index is 15.4. The predicted molar refractivity (Wildman–Crippen MR) is 163 cm³/mol. The lowest BCUT2D eigenvalue weighted by molar-refractivity contribution is -0.276. The van der Waals surface area contributed by atoms with Crippen molar-refractivity contribution in [3.63, 3.8) is 0 Å². The number of aryl methyl sites for hydroxylation is 1. The quantitative estimate of drug-likeness (QED) is 0.290. The van der Waals surface area contributed by atoms with E-state index in [2.05, 4.69) is 9.97 Å². The van der Waals surface area contributed by atoms with E-state index in [1.165, 1.54) is 4.90 Å². The van der Waals surface area contributed by atoms with Gasteiger partial charge < -0.3 is 20.0 Å². The predicted octanol–water partition coefficient (Wildman–Crippen LogP) is 3.72. The molecule has 9 nitrogen and oxygen atoms in total. The number of amides is 1. The van der Waals surface area contributed by atoms with Crippen molar-refractivity contribution in [3.8, 4) is 22.4 Å². The first-order chi connectivity index (χ1) is 20.5. The van der Waals surface area contributed by atoms with Crippen molar-refractivity contribution in [2.45, 2.75) is 12.8 Å². The fourth-order valence-corrected chi connectivity index (χ4v) is 5.96. The summed E-state index contributed by atoms with van der Waals surface area (Å²) < 4.78 is 30.8. The average Bonchev–Trinajstić information content (AvgIpc) is 2.98. The van der Waals surface area contributed by atoms with Gasteiger partial charge in [-0.15, -0.1) is 0 Å². The molecule has 3 heterocycles. The summed E-state index contributed by atoms with van der Waals surface area (Å²) in [7, 11) is 5.63. The standard InChI is InChI=1S/C31H34F2N6O3S/c1-19-14-21(17-35-28(19)30(40)38(4)9-8-37(2)3)26-18-34-25-7-5-6-22(29(25)36-26)20-15-23(32)27(24(33)16-20)31(41,42)39-10-12-43-13-11-39/h5-7,14-18,41-42H,8-13H2,1-4H3. The summed E-state index contributed by atoms with van der Waals surface area (Å²) in [6.07, 6.45) is 3.15. The van der Waals surface area contributed by atoms with Crippen LogP contribution in [0.1, 0.15) is 21.6 Å². The zero-order valence-corrected chi connectivity index (χ0v) is 25.3. The van der Waals surface area contributed by atoms with Crippen molar-refractivity contribution < 1.29 is 23.8 Å². The summed E-state index contributed by atoms with van der Waals surface area (Å²) in [5.74, 6) is -3.85. The number of halogens is 2. The summed E-state index contributed by atoms with van der Waals surface area (Å²) in [6, 6.07) is 9.11. The van der Waals surface area contributed by atoms with Gasteiger partial charge in [-0.25, -0.2) is 18.7 Å². The molecule has 0 aliphatic carbocycles. The third kappa shape index (κ3) is 6.38. The third-order valence-corrected chi connectivity index (χ3v) is 8.46. The number of hydrogen-bond donors (Lipinski definition) is 2. The molecule has 1 amide bonds. The lowest BCUT2D eigenvalue weighted by atomic mass is 9.99. The number of carbonyl (C=O) groups excluding carboxylic acids is 1. The van der Waals surface area contributed by atoms with Crippen LogP contribution in [0.15, 0.2) is 48.8 Å². The number of aromatic nitrogens is 3. The Balaban J connectivity index is 1.49. The highest BCUT2D eigenvalue weighted by molar-refractivity contribution is 7.99. The van der Waals surface area contributed by atoms with Crippen LogP contribution in [-0.2, 0) is 5.91 Å². The summed E-state index contributed by atoms with van der Waals surface area (Å²) in [5, 5.41) is 21.5. The van der Waals surface area contributed by atoms with Gasteiger partial charge in [-0.3, -0.25) is 14.8 Å². The van der Waals surface area contributed by atoms with E-state index < -0.39 is 23.1 Å². The van der Waals surface area contributed by atoms with Gasteiger partial charge in [0.1, 0.15) is 17.3 Å². The number of para-hydroxylation sites is 1. The van der Waals surface area contributed by atoms with E-state index in [1.807, 2.05) is 32.0 Å². The fraction of sp³-hybridized carbons (Fsp3) is 0.355. The first-order valence-corrected chi connectivity index (χ1v) is 15.0. The summed E-state index contributed by atoms with van der Waals surface area (Å²) in [6.45, 7) is 3.67. The topological polar surface area (TPSA) is 106 Å². The second-order valence-corrected chi connectivity index (χ2v) is 12.1. The molecule has 226 valence electrons. The highest BCUT2D eigenvalue weighted by atomic mass is 32.2. The molecule has 12 heteroatoms.